The van der Waals surface area contributed by atoms with Crippen LogP contribution in [0.15, 0.2) is 22.7 Å². The summed E-state index contributed by atoms with van der Waals surface area (Å²) in [6.45, 7) is 0. The molecule has 2 fully saturated rings. The zero-order chi connectivity index (χ0) is 12.0. The average Bonchev–Trinajstić information content (AvgIpc) is 3.06. The molecule has 0 aromatic heterocycles. The van der Waals surface area contributed by atoms with Gasteiger partial charge < -0.3 is 0 Å². The summed E-state index contributed by atoms with van der Waals surface area (Å²) < 4.78 is 14.2. The monoisotopic (exact) mass is 296 g/mol. The molecular weight excluding hydrogens is 283 g/mol. The number of Topliss-reactive ketones (excluding diaryl/α,β-unsaturated/α-hetero) is 1. The summed E-state index contributed by atoms with van der Waals surface area (Å²) in [6.07, 6.45) is 4.76. The van der Waals surface area contributed by atoms with Crippen LogP contribution in [-0.2, 0) is 0 Å². The Morgan fingerprint density at radius 3 is 2.53 bits per heavy atom. The van der Waals surface area contributed by atoms with Gasteiger partial charge in [-0.15, -0.1) is 0 Å². The fraction of sp³-hybridized carbons (Fsp3) is 0.500. The Bertz CT molecular complexity index is 459. The van der Waals surface area contributed by atoms with E-state index >= 15 is 0 Å². The largest absolute Gasteiger partial charge is 0.294 e. The van der Waals surface area contributed by atoms with Gasteiger partial charge in [-0.1, -0.05) is 18.9 Å². The first-order valence-electron chi connectivity index (χ1n) is 6.18. The summed E-state index contributed by atoms with van der Waals surface area (Å²) in [7, 11) is 0. The summed E-state index contributed by atoms with van der Waals surface area (Å²) in [5, 5.41) is 0. The average molecular weight is 297 g/mol. The Labute approximate surface area is 109 Å². The van der Waals surface area contributed by atoms with Crippen molar-refractivity contribution in [2.75, 3.05) is 0 Å². The first-order valence-corrected chi connectivity index (χ1v) is 6.97. The van der Waals surface area contributed by atoms with Gasteiger partial charge in [-0.05, 0) is 52.7 Å². The summed E-state index contributed by atoms with van der Waals surface area (Å²) >= 11 is 3.13. The first kappa shape index (κ1) is 11.4. The third kappa shape index (κ3) is 1.85. The van der Waals surface area contributed by atoms with E-state index in [4.69, 9.17) is 0 Å². The molecule has 0 bridgehead atoms. The molecule has 2 aliphatic carbocycles. The molecular formula is C14H14BrFO. The first-order chi connectivity index (χ1) is 8.20. The molecule has 0 aliphatic heterocycles. The van der Waals surface area contributed by atoms with Crippen LogP contribution in [-0.4, -0.2) is 5.78 Å². The molecule has 0 saturated heterocycles. The fourth-order valence-corrected chi connectivity index (χ4v) is 3.62. The normalized spacial score (nSPS) is 30.8. The number of carbonyl (C=O) groups excluding carboxylic acids is 1. The van der Waals surface area contributed by atoms with Crippen molar-refractivity contribution < 1.29 is 9.18 Å². The van der Waals surface area contributed by atoms with E-state index in [0.717, 1.165) is 12.8 Å². The highest BCUT2D eigenvalue weighted by Gasteiger charge is 2.54. The minimum absolute atomic E-state index is 0.0145. The lowest BCUT2D eigenvalue weighted by Gasteiger charge is -2.04. The Kier molecular flexibility index (Phi) is 2.81. The van der Waals surface area contributed by atoms with E-state index in [-0.39, 0.29) is 17.3 Å². The number of benzene rings is 1. The molecule has 2 aliphatic rings. The quantitative estimate of drug-likeness (QED) is 0.747. The number of rotatable bonds is 2. The van der Waals surface area contributed by atoms with Crippen molar-refractivity contribution >= 4 is 21.7 Å². The van der Waals surface area contributed by atoms with Crippen LogP contribution in [0.3, 0.4) is 0 Å². The standard InChI is InChI=1S/C14H14BrFO/c15-11-7-3-6-10(13(11)16)14(17)12-8-4-1-2-5-9(8)12/h3,6-9,12H,1-2,4-5H2. The molecule has 1 aromatic rings. The molecule has 0 spiro atoms. The van der Waals surface area contributed by atoms with Crippen LogP contribution in [0.5, 0.6) is 0 Å². The number of ketones is 1. The lowest BCUT2D eigenvalue weighted by molar-refractivity contribution is 0.0952. The molecule has 17 heavy (non-hydrogen) atoms. The van der Waals surface area contributed by atoms with Gasteiger partial charge in [-0.3, -0.25) is 4.79 Å². The van der Waals surface area contributed by atoms with Crippen molar-refractivity contribution in [1.29, 1.82) is 0 Å². The van der Waals surface area contributed by atoms with Crippen LogP contribution in [0.2, 0.25) is 0 Å². The van der Waals surface area contributed by atoms with Gasteiger partial charge in [0, 0.05) is 5.92 Å². The molecule has 1 aromatic carbocycles. The van der Waals surface area contributed by atoms with Gasteiger partial charge in [-0.25, -0.2) is 4.39 Å². The van der Waals surface area contributed by atoms with E-state index in [0.29, 0.717) is 16.3 Å². The Hall–Kier alpha value is -0.700. The van der Waals surface area contributed by atoms with E-state index in [2.05, 4.69) is 15.9 Å². The van der Waals surface area contributed by atoms with E-state index in [1.165, 1.54) is 12.8 Å². The molecule has 0 N–H and O–H groups in total. The van der Waals surface area contributed by atoms with Gasteiger partial charge in [0.2, 0.25) is 0 Å². The Morgan fingerprint density at radius 2 is 1.88 bits per heavy atom. The van der Waals surface area contributed by atoms with Crippen molar-refractivity contribution in [3.05, 3.63) is 34.1 Å². The van der Waals surface area contributed by atoms with Crippen LogP contribution in [0.4, 0.5) is 4.39 Å². The SMILES string of the molecule is O=C(c1cccc(Br)c1F)C1C2CCCCC21. The molecule has 0 amide bonds. The van der Waals surface area contributed by atoms with E-state index < -0.39 is 5.82 Å². The van der Waals surface area contributed by atoms with Gasteiger partial charge in [0.05, 0.1) is 10.0 Å². The van der Waals surface area contributed by atoms with Crippen LogP contribution < -0.4 is 0 Å². The van der Waals surface area contributed by atoms with E-state index in [9.17, 15) is 9.18 Å². The second-order valence-electron chi connectivity index (χ2n) is 5.10. The fourth-order valence-electron chi connectivity index (χ4n) is 3.25. The van der Waals surface area contributed by atoms with Crippen LogP contribution in [0.1, 0.15) is 36.0 Å². The number of hydrogen-bond acceptors (Lipinski definition) is 1. The van der Waals surface area contributed by atoms with Gasteiger partial charge in [0.25, 0.3) is 0 Å². The zero-order valence-electron chi connectivity index (χ0n) is 9.46. The summed E-state index contributed by atoms with van der Waals surface area (Å²) in [4.78, 5) is 12.3. The van der Waals surface area contributed by atoms with Gasteiger partial charge in [-0.2, -0.15) is 0 Å². The maximum atomic E-state index is 13.9. The van der Waals surface area contributed by atoms with Gasteiger partial charge in [0.15, 0.2) is 5.78 Å². The third-order valence-corrected chi connectivity index (χ3v) is 4.79. The summed E-state index contributed by atoms with van der Waals surface area (Å²) in [5.41, 5.74) is 0.263. The Morgan fingerprint density at radius 1 is 1.24 bits per heavy atom. The summed E-state index contributed by atoms with van der Waals surface area (Å²) in [5.74, 6) is 0.785. The van der Waals surface area contributed by atoms with E-state index in [1.54, 1.807) is 18.2 Å². The smallest absolute Gasteiger partial charge is 0.169 e. The van der Waals surface area contributed by atoms with E-state index in [1.807, 2.05) is 0 Å². The topological polar surface area (TPSA) is 17.1 Å². The summed E-state index contributed by atoms with van der Waals surface area (Å²) in [6, 6.07) is 4.96. The highest BCUT2D eigenvalue weighted by Crippen LogP contribution is 2.56. The van der Waals surface area contributed by atoms with Gasteiger partial charge >= 0.3 is 0 Å². The highest BCUT2D eigenvalue weighted by molar-refractivity contribution is 9.10. The predicted octanol–water partition coefficient (Wildman–Crippen LogP) is 4.21. The number of carbonyl (C=O) groups is 1. The van der Waals surface area contributed by atoms with Crippen molar-refractivity contribution in [2.24, 2.45) is 17.8 Å². The molecule has 0 heterocycles. The van der Waals surface area contributed by atoms with Crippen molar-refractivity contribution in [3.8, 4) is 0 Å². The molecule has 3 rings (SSSR count). The molecule has 0 radical (unpaired) electrons. The van der Waals surface area contributed by atoms with Crippen molar-refractivity contribution in [2.45, 2.75) is 25.7 Å². The number of hydrogen-bond donors (Lipinski definition) is 0. The minimum atomic E-state index is -0.402. The lowest BCUT2D eigenvalue weighted by Crippen LogP contribution is -2.07. The second kappa shape index (κ2) is 4.20. The maximum absolute atomic E-state index is 13.9. The molecule has 2 unspecified atom stereocenters. The van der Waals surface area contributed by atoms with Crippen LogP contribution >= 0.6 is 15.9 Å². The predicted molar refractivity (Wildman–Crippen MR) is 67.4 cm³/mol. The zero-order valence-corrected chi connectivity index (χ0v) is 11.0. The maximum Gasteiger partial charge on any atom is 0.169 e. The molecule has 2 saturated carbocycles. The third-order valence-electron chi connectivity index (χ3n) is 4.18. The van der Waals surface area contributed by atoms with Crippen molar-refractivity contribution in [3.63, 3.8) is 0 Å². The highest BCUT2D eigenvalue weighted by atomic mass is 79.9. The van der Waals surface area contributed by atoms with Crippen LogP contribution in [0.25, 0.3) is 0 Å². The van der Waals surface area contributed by atoms with Gasteiger partial charge in [0.1, 0.15) is 5.82 Å². The molecule has 1 nitrogen and oxygen atoms in total. The number of halogens is 2. The Balaban J connectivity index is 1.85. The molecule has 2 atom stereocenters. The minimum Gasteiger partial charge on any atom is -0.294 e. The molecule has 90 valence electrons. The van der Waals surface area contributed by atoms with Crippen molar-refractivity contribution in [1.82, 2.24) is 0 Å². The van der Waals surface area contributed by atoms with Crippen LogP contribution in [0, 0.1) is 23.6 Å². The lowest BCUT2D eigenvalue weighted by atomic mass is 10.0. The second-order valence-corrected chi connectivity index (χ2v) is 5.96. The number of fused-ring (bicyclic) bond motifs is 1. The molecule has 3 heteroatoms.